The summed E-state index contributed by atoms with van der Waals surface area (Å²) in [5.74, 6) is -0.839. The van der Waals surface area contributed by atoms with Crippen molar-refractivity contribution in [2.45, 2.75) is 37.8 Å². The zero-order valence-corrected chi connectivity index (χ0v) is 27.1. The second kappa shape index (κ2) is 14.7. The number of nitrogens with zero attached hydrogens (tertiary/aromatic N) is 2. The van der Waals surface area contributed by atoms with Gasteiger partial charge < -0.3 is 10.2 Å². The van der Waals surface area contributed by atoms with E-state index in [9.17, 15) is 18.0 Å². The molecule has 0 spiro atoms. The number of amides is 2. The Bertz CT molecular complexity index is 1650. The number of halogens is 2. The van der Waals surface area contributed by atoms with Gasteiger partial charge in [0, 0.05) is 29.0 Å². The number of hydrogen-bond donors (Lipinski definition) is 1. The average Bonchev–Trinajstić information content (AvgIpc) is 2.99. The summed E-state index contributed by atoms with van der Waals surface area (Å²) in [5.41, 5.74) is 2.83. The summed E-state index contributed by atoms with van der Waals surface area (Å²) in [5, 5.41) is 3.26. The van der Waals surface area contributed by atoms with E-state index in [1.54, 1.807) is 18.2 Å². The summed E-state index contributed by atoms with van der Waals surface area (Å²) in [6.45, 7) is 3.63. The van der Waals surface area contributed by atoms with Gasteiger partial charge in [0.15, 0.2) is 0 Å². The third-order valence-electron chi connectivity index (χ3n) is 6.86. The zero-order valence-electron chi connectivity index (χ0n) is 23.9. The van der Waals surface area contributed by atoms with Crippen molar-refractivity contribution >= 4 is 55.1 Å². The minimum atomic E-state index is -4.19. The van der Waals surface area contributed by atoms with Crippen LogP contribution in [0.3, 0.4) is 0 Å². The third kappa shape index (κ3) is 8.46. The molecule has 0 unspecified atom stereocenters. The molecule has 0 aromatic heterocycles. The number of anilines is 1. The van der Waals surface area contributed by atoms with E-state index in [-0.39, 0.29) is 23.8 Å². The lowest BCUT2D eigenvalue weighted by Crippen LogP contribution is -2.53. The summed E-state index contributed by atoms with van der Waals surface area (Å²) in [4.78, 5) is 29.4. The quantitative estimate of drug-likeness (QED) is 0.188. The highest BCUT2D eigenvalue weighted by atomic mass is 79.9. The highest BCUT2D eigenvalue weighted by molar-refractivity contribution is 9.10. The molecular weight excluding hydrogens is 650 g/mol. The minimum absolute atomic E-state index is 0.00442. The largest absolute Gasteiger partial charge is 0.355 e. The summed E-state index contributed by atoms with van der Waals surface area (Å²) in [6.07, 6.45) is 0.253. The van der Waals surface area contributed by atoms with E-state index in [4.69, 9.17) is 11.6 Å². The molecule has 0 heterocycles. The number of likely N-dealkylation sites (N-methyl/N-ethyl adjacent to an activating group) is 1. The van der Waals surface area contributed by atoms with Gasteiger partial charge in [0.05, 0.1) is 10.6 Å². The molecule has 0 aliphatic rings. The van der Waals surface area contributed by atoms with Gasteiger partial charge in [-0.05, 0) is 79.1 Å². The molecule has 1 atom stereocenters. The van der Waals surface area contributed by atoms with Crippen molar-refractivity contribution in [1.82, 2.24) is 10.2 Å². The molecule has 0 saturated carbocycles. The molecule has 0 aliphatic heterocycles. The van der Waals surface area contributed by atoms with Crippen LogP contribution in [-0.2, 0) is 32.6 Å². The molecule has 224 valence electrons. The van der Waals surface area contributed by atoms with Gasteiger partial charge in [-0.1, -0.05) is 82.1 Å². The lowest BCUT2D eigenvalue weighted by molar-refractivity contribution is -0.140. The maximum absolute atomic E-state index is 14.4. The van der Waals surface area contributed by atoms with E-state index >= 15 is 0 Å². The Labute approximate surface area is 266 Å². The van der Waals surface area contributed by atoms with E-state index in [1.807, 2.05) is 74.5 Å². The smallest absolute Gasteiger partial charge is 0.264 e. The van der Waals surface area contributed by atoms with Crippen molar-refractivity contribution in [2.24, 2.45) is 0 Å². The molecule has 7 nitrogen and oxygen atoms in total. The molecule has 4 aromatic carbocycles. The van der Waals surface area contributed by atoms with Crippen molar-refractivity contribution in [3.8, 4) is 0 Å². The van der Waals surface area contributed by atoms with Crippen molar-refractivity contribution < 1.29 is 18.0 Å². The zero-order chi connectivity index (χ0) is 31.0. The highest BCUT2D eigenvalue weighted by Gasteiger charge is 2.34. The number of carbonyl (C=O) groups excluding carboxylic acids is 2. The maximum Gasteiger partial charge on any atom is 0.264 e. The molecule has 4 rings (SSSR count). The molecule has 0 fully saturated rings. The average molecular weight is 683 g/mol. The molecular formula is C33H33BrClN3O4S. The Balaban J connectivity index is 1.79. The second-order valence-electron chi connectivity index (χ2n) is 10.1. The molecule has 2 amide bonds. The number of aryl methyl sites for hydroxylation is 1. The minimum Gasteiger partial charge on any atom is -0.355 e. The third-order valence-corrected chi connectivity index (χ3v) is 9.43. The van der Waals surface area contributed by atoms with Gasteiger partial charge in [0.25, 0.3) is 10.0 Å². The summed E-state index contributed by atoms with van der Waals surface area (Å²) in [7, 11) is -4.19. The number of hydrogen-bond acceptors (Lipinski definition) is 4. The molecule has 0 bridgehead atoms. The van der Waals surface area contributed by atoms with Gasteiger partial charge in [-0.25, -0.2) is 8.42 Å². The molecule has 43 heavy (non-hydrogen) atoms. The number of rotatable bonds is 12. The van der Waals surface area contributed by atoms with Crippen LogP contribution in [0.5, 0.6) is 0 Å². The Morgan fingerprint density at radius 3 is 2.19 bits per heavy atom. The Kier molecular flexibility index (Phi) is 11.0. The summed E-state index contributed by atoms with van der Waals surface area (Å²) >= 11 is 9.48. The van der Waals surface area contributed by atoms with Crippen LogP contribution in [-0.4, -0.2) is 44.3 Å². The van der Waals surface area contributed by atoms with Crippen molar-refractivity contribution in [3.05, 3.63) is 129 Å². The van der Waals surface area contributed by atoms with Gasteiger partial charge in [0.1, 0.15) is 12.6 Å². The van der Waals surface area contributed by atoms with E-state index in [2.05, 4.69) is 21.2 Å². The summed E-state index contributed by atoms with van der Waals surface area (Å²) < 4.78 is 30.0. The maximum atomic E-state index is 14.4. The Morgan fingerprint density at radius 1 is 0.884 bits per heavy atom. The normalized spacial score (nSPS) is 11.9. The molecule has 1 N–H and O–H groups in total. The predicted octanol–water partition coefficient (Wildman–Crippen LogP) is 6.38. The lowest BCUT2D eigenvalue weighted by Gasteiger charge is -2.34. The van der Waals surface area contributed by atoms with E-state index in [0.29, 0.717) is 17.3 Å². The van der Waals surface area contributed by atoms with E-state index < -0.39 is 28.5 Å². The SMILES string of the molecule is CCNC(=O)[C@H](Cc1ccccc1)N(Cc1ccc(Br)cc1)C(=O)CN(c1cccc(C)c1)S(=O)(=O)c1ccc(Cl)cc1. The van der Waals surface area contributed by atoms with Gasteiger partial charge in [-0.3, -0.25) is 13.9 Å². The number of carbonyl (C=O) groups is 2. The number of sulfonamides is 1. The van der Waals surface area contributed by atoms with Gasteiger partial charge in [0.2, 0.25) is 11.8 Å². The van der Waals surface area contributed by atoms with Gasteiger partial charge >= 0.3 is 0 Å². The first-order valence-corrected chi connectivity index (χ1v) is 16.4. The summed E-state index contributed by atoms with van der Waals surface area (Å²) in [6, 6.07) is 28.8. The van der Waals surface area contributed by atoms with Crippen LogP contribution in [0.2, 0.25) is 5.02 Å². The molecule has 4 aromatic rings. The second-order valence-corrected chi connectivity index (χ2v) is 13.3. The highest BCUT2D eigenvalue weighted by Crippen LogP contribution is 2.27. The molecule has 10 heteroatoms. The number of nitrogens with one attached hydrogen (secondary N) is 1. The lowest BCUT2D eigenvalue weighted by atomic mass is 10.0. The van der Waals surface area contributed by atoms with Crippen molar-refractivity contribution in [1.29, 1.82) is 0 Å². The first kappa shape index (κ1) is 32.3. The first-order chi connectivity index (χ1) is 20.6. The molecule has 0 saturated heterocycles. The predicted molar refractivity (Wildman–Crippen MR) is 174 cm³/mol. The fourth-order valence-electron chi connectivity index (χ4n) is 4.68. The Morgan fingerprint density at radius 2 is 1.56 bits per heavy atom. The fraction of sp³-hybridized carbons (Fsp3) is 0.212. The van der Waals surface area contributed by atoms with E-state index in [0.717, 1.165) is 25.5 Å². The Hall–Kier alpha value is -3.66. The van der Waals surface area contributed by atoms with Crippen LogP contribution in [0.15, 0.2) is 112 Å². The monoisotopic (exact) mass is 681 g/mol. The van der Waals surface area contributed by atoms with E-state index in [1.165, 1.54) is 29.2 Å². The van der Waals surface area contributed by atoms with Gasteiger partial charge in [-0.2, -0.15) is 0 Å². The van der Waals surface area contributed by atoms with Crippen LogP contribution in [0.25, 0.3) is 0 Å². The number of benzene rings is 4. The van der Waals surface area contributed by atoms with Crippen LogP contribution in [0.1, 0.15) is 23.6 Å². The van der Waals surface area contributed by atoms with Gasteiger partial charge in [-0.15, -0.1) is 0 Å². The first-order valence-electron chi connectivity index (χ1n) is 13.8. The van der Waals surface area contributed by atoms with Crippen LogP contribution >= 0.6 is 27.5 Å². The van der Waals surface area contributed by atoms with Crippen molar-refractivity contribution in [2.75, 3.05) is 17.4 Å². The molecule has 0 radical (unpaired) electrons. The topological polar surface area (TPSA) is 86.8 Å². The van der Waals surface area contributed by atoms with Crippen LogP contribution < -0.4 is 9.62 Å². The fourth-order valence-corrected chi connectivity index (χ4v) is 6.47. The standard InChI is InChI=1S/C33H33BrClN3O4S/c1-3-36-33(40)31(21-25-9-5-4-6-10-25)37(22-26-12-14-27(34)15-13-26)32(39)23-38(29-11-7-8-24(2)20-29)43(41,42)30-18-16-28(35)17-19-30/h4-20,31H,3,21-23H2,1-2H3,(H,36,40)/t31-/m0/s1. The van der Waals surface area contributed by atoms with Crippen LogP contribution in [0, 0.1) is 6.92 Å². The van der Waals surface area contributed by atoms with Crippen molar-refractivity contribution in [3.63, 3.8) is 0 Å². The molecule has 0 aliphatic carbocycles. The van der Waals surface area contributed by atoms with Crippen LogP contribution in [0.4, 0.5) is 5.69 Å².